The molecule has 1 aliphatic rings. The Kier molecular flexibility index (Phi) is 5.24. The Hall–Kier alpha value is -1.54. The summed E-state index contributed by atoms with van der Waals surface area (Å²) in [6, 6.07) is 5.91. The zero-order valence-corrected chi connectivity index (χ0v) is 11.9. The molecule has 0 aliphatic carbocycles. The highest BCUT2D eigenvalue weighted by Gasteiger charge is 2.34. The maximum Gasteiger partial charge on any atom is 0.269 e. The van der Waals surface area contributed by atoms with E-state index in [9.17, 15) is 15.2 Å². The number of nitrogens with one attached hydrogen (secondary N) is 1. The van der Waals surface area contributed by atoms with Crippen LogP contribution in [0.25, 0.3) is 0 Å². The highest BCUT2D eigenvalue weighted by Crippen LogP contribution is 2.22. The summed E-state index contributed by atoms with van der Waals surface area (Å²) < 4.78 is 10.8. The Bertz CT molecular complexity index is 471. The van der Waals surface area contributed by atoms with Gasteiger partial charge in [0.1, 0.15) is 5.60 Å². The van der Waals surface area contributed by atoms with Crippen LogP contribution in [0.2, 0.25) is 0 Å². The minimum atomic E-state index is -0.720. The van der Waals surface area contributed by atoms with Crippen LogP contribution < -0.4 is 5.32 Å². The van der Waals surface area contributed by atoms with Crippen molar-refractivity contribution in [2.24, 2.45) is 0 Å². The molecule has 2 rings (SSSR count). The van der Waals surface area contributed by atoms with Gasteiger partial charge in [0.2, 0.25) is 0 Å². The second kappa shape index (κ2) is 6.95. The summed E-state index contributed by atoms with van der Waals surface area (Å²) in [4.78, 5) is 10.1. The molecule has 21 heavy (non-hydrogen) atoms. The molecular formula is C14H20N2O5. The molecule has 0 amide bonds. The maximum atomic E-state index is 10.6. The van der Waals surface area contributed by atoms with Crippen molar-refractivity contribution in [1.82, 2.24) is 5.32 Å². The third kappa shape index (κ3) is 3.98. The van der Waals surface area contributed by atoms with Gasteiger partial charge in [-0.15, -0.1) is 0 Å². The molecule has 7 heteroatoms. The highest BCUT2D eigenvalue weighted by atomic mass is 16.6. The van der Waals surface area contributed by atoms with Gasteiger partial charge in [0, 0.05) is 45.4 Å². The Morgan fingerprint density at radius 3 is 2.76 bits per heavy atom. The molecule has 1 fully saturated rings. The van der Waals surface area contributed by atoms with Gasteiger partial charge in [0.05, 0.1) is 17.6 Å². The Balaban J connectivity index is 1.84. The quantitative estimate of drug-likeness (QED) is 0.576. The van der Waals surface area contributed by atoms with Crippen molar-refractivity contribution in [1.29, 1.82) is 0 Å². The van der Waals surface area contributed by atoms with E-state index in [4.69, 9.17) is 9.47 Å². The molecule has 1 heterocycles. The molecule has 2 atom stereocenters. The number of nitro groups is 1. The van der Waals surface area contributed by atoms with Crippen molar-refractivity contribution >= 4 is 5.69 Å². The van der Waals surface area contributed by atoms with Crippen LogP contribution in [0.15, 0.2) is 24.3 Å². The molecule has 0 radical (unpaired) electrons. The van der Waals surface area contributed by atoms with Crippen LogP contribution in [0.1, 0.15) is 18.1 Å². The third-order valence-corrected chi connectivity index (χ3v) is 3.77. The van der Waals surface area contributed by atoms with Crippen molar-refractivity contribution in [2.45, 2.75) is 18.1 Å². The van der Waals surface area contributed by atoms with Crippen LogP contribution in [0, 0.1) is 10.1 Å². The van der Waals surface area contributed by atoms with Gasteiger partial charge >= 0.3 is 0 Å². The number of nitrogens with zero attached hydrogens (tertiary/aromatic N) is 1. The van der Waals surface area contributed by atoms with Crippen LogP contribution in [0.5, 0.6) is 0 Å². The zero-order chi connectivity index (χ0) is 15.3. The van der Waals surface area contributed by atoms with Crippen molar-refractivity contribution in [3.63, 3.8) is 0 Å². The number of rotatable bonds is 7. The first-order chi connectivity index (χ1) is 10.1. The Morgan fingerprint density at radius 1 is 1.52 bits per heavy atom. The average Bonchev–Trinajstić information content (AvgIpc) is 2.96. The summed E-state index contributed by atoms with van der Waals surface area (Å²) in [6.07, 6.45) is 0.103. The summed E-state index contributed by atoms with van der Waals surface area (Å²) in [5.74, 6) is 0. The van der Waals surface area contributed by atoms with Crippen molar-refractivity contribution in [3.05, 3.63) is 39.9 Å². The van der Waals surface area contributed by atoms with Crippen LogP contribution in [0.4, 0.5) is 5.69 Å². The monoisotopic (exact) mass is 296 g/mol. The predicted molar refractivity (Wildman–Crippen MR) is 76.1 cm³/mol. The van der Waals surface area contributed by atoms with Gasteiger partial charge in [-0.25, -0.2) is 0 Å². The van der Waals surface area contributed by atoms with E-state index < -0.39 is 11.0 Å². The maximum absolute atomic E-state index is 10.6. The molecule has 0 bridgehead atoms. The molecule has 116 valence electrons. The SMILES string of the molecule is COC1(CNCC(O)c2ccc([N+](=O)[O-])cc2)CCOC1. The average molecular weight is 296 g/mol. The predicted octanol–water partition coefficient (Wildman–Crippen LogP) is 1.02. The second-order valence-electron chi connectivity index (χ2n) is 5.19. The van der Waals surface area contributed by atoms with Gasteiger partial charge < -0.3 is 19.9 Å². The number of nitro benzene ring substituents is 1. The molecule has 2 unspecified atom stereocenters. The molecule has 0 saturated carbocycles. The largest absolute Gasteiger partial charge is 0.387 e. The number of non-ortho nitro benzene ring substituents is 1. The topological polar surface area (TPSA) is 93.9 Å². The van der Waals surface area contributed by atoms with E-state index >= 15 is 0 Å². The van der Waals surface area contributed by atoms with Gasteiger partial charge in [0.25, 0.3) is 5.69 Å². The van der Waals surface area contributed by atoms with Crippen molar-refractivity contribution < 1.29 is 19.5 Å². The lowest BCUT2D eigenvalue weighted by molar-refractivity contribution is -0.384. The Morgan fingerprint density at radius 2 is 2.24 bits per heavy atom. The lowest BCUT2D eigenvalue weighted by Crippen LogP contribution is -2.44. The fourth-order valence-electron chi connectivity index (χ4n) is 2.33. The first kappa shape index (κ1) is 15.8. The number of hydrogen-bond acceptors (Lipinski definition) is 6. The van der Waals surface area contributed by atoms with Gasteiger partial charge in [-0.2, -0.15) is 0 Å². The van der Waals surface area contributed by atoms with Crippen LogP contribution in [-0.2, 0) is 9.47 Å². The van der Waals surface area contributed by atoms with E-state index in [0.29, 0.717) is 31.9 Å². The Labute approximate surface area is 123 Å². The summed E-state index contributed by atoms with van der Waals surface area (Å²) in [6.45, 7) is 2.17. The van der Waals surface area contributed by atoms with Gasteiger partial charge in [-0.05, 0) is 17.7 Å². The molecule has 0 spiro atoms. The summed E-state index contributed by atoms with van der Waals surface area (Å²) in [7, 11) is 1.66. The van der Waals surface area contributed by atoms with E-state index in [1.165, 1.54) is 12.1 Å². The zero-order valence-electron chi connectivity index (χ0n) is 11.9. The molecule has 2 N–H and O–H groups in total. The summed E-state index contributed by atoms with van der Waals surface area (Å²) in [5.41, 5.74) is 0.331. The molecule has 1 saturated heterocycles. The molecule has 1 aliphatic heterocycles. The lowest BCUT2D eigenvalue weighted by Gasteiger charge is -2.26. The lowest BCUT2D eigenvalue weighted by atomic mass is 10.0. The molecule has 1 aromatic carbocycles. The first-order valence-electron chi connectivity index (χ1n) is 6.82. The third-order valence-electron chi connectivity index (χ3n) is 3.77. The van der Waals surface area contributed by atoms with Crippen molar-refractivity contribution in [3.8, 4) is 0 Å². The number of aliphatic hydroxyl groups excluding tert-OH is 1. The van der Waals surface area contributed by atoms with Gasteiger partial charge in [-0.1, -0.05) is 0 Å². The van der Waals surface area contributed by atoms with Gasteiger partial charge in [0.15, 0.2) is 0 Å². The van der Waals surface area contributed by atoms with Gasteiger partial charge in [-0.3, -0.25) is 10.1 Å². The minimum absolute atomic E-state index is 0.0142. The fraction of sp³-hybridized carbons (Fsp3) is 0.571. The second-order valence-corrected chi connectivity index (χ2v) is 5.19. The number of aliphatic hydroxyl groups is 1. The van der Waals surface area contributed by atoms with Crippen LogP contribution in [0.3, 0.4) is 0 Å². The molecule has 0 aromatic heterocycles. The summed E-state index contributed by atoms with van der Waals surface area (Å²) in [5, 5.41) is 23.8. The fourth-order valence-corrected chi connectivity index (χ4v) is 2.33. The van der Waals surface area contributed by atoms with Crippen LogP contribution in [-0.4, -0.2) is 49.0 Å². The number of benzene rings is 1. The summed E-state index contributed by atoms with van der Waals surface area (Å²) >= 11 is 0. The van der Waals surface area contributed by atoms with E-state index in [2.05, 4.69) is 5.32 Å². The normalized spacial score (nSPS) is 23.1. The van der Waals surface area contributed by atoms with Crippen molar-refractivity contribution in [2.75, 3.05) is 33.4 Å². The van der Waals surface area contributed by atoms with E-state index in [-0.39, 0.29) is 11.3 Å². The van der Waals surface area contributed by atoms with E-state index in [0.717, 1.165) is 6.42 Å². The molecule has 7 nitrogen and oxygen atoms in total. The number of ether oxygens (including phenoxy) is 2. The molecular weight excluding hydrogens is 276 g/mol. The smallest absolute Gasteiger partial charge is 0.269 e. The number of hydrogen-bond donors (Lipinski definition) is 2. The molecule has 1 aromatic rings. The van der Waals surface area contributed by atoms with Crippen LogP contribution >= 0.6 is 0 Å². The minimum Gasteiger partial charge on any atom is -0.387 e. The van der Waals surface area contributed by atoms with E-state index in [1.807, 2.05) is 0 Å². The standard InChI is InChI=1S/C14H20N2O5/c1-20-14(6-7-21-10-14)9-15-8-13(17)11-2-4-12(5-3-11)16(18)19/h2-5,13,15,17H,6-10H2,1H3. The number of methoxy groups -OCH3 is 1. The highest BCUT2D eigenvalue weighted by molar-refractivity contribution is 5.33. The first-order valence-corrected chi connectivity index (χ1v) is 6.82. The van der Waals surface area contributed by atoms with E-state index in [1.54, 1.807) is 19.2 Å².